The fourth-order valence-electron chi connectivity index (χ4n) is 3.01. The first-order chi connectivity index (χ1) is 16.2. The molecule has 0 radical (unpaired) electrons. The minimum absolute atomic E-state index is 0.244. The fourth-order valence-corrected chi connectivity index (χ4v) is 3.66. The molecule has 3 heterocycles. The van der Waals surface area contributed by atoms with E-state index in [2.05, 4.69) is 15.0 Å². The zero-order valence-corrected chi connectivity index (χ0v) is 19.1. The predicted molar refractivity (Wildman–Crippen MR) is 122 cm³/mol. The maximum absolute atomic E-state index is 12.0. The number of nitrogen functional groups attached to an aromatic ring is 2. The molecule has 3 aromatic heterocycles. The first-order valence-corrected chi connectivity index (χ1v) is 11.5. The highest BCUT2D eigenvalue weighted by Crippen LogP contribution is 2.30. The number of halogens is 3. The monoisotopic (exact) mass is 508 g/mol. The Morgan fingerprint density at radius 1 is 1.09 bits per heavy atom. The van der Waals surface area contributed by atoms with Crippen LogP contribution in [0.4, 0.5) is 24.8 Å². The van der Waals surface area contributed by atoms with Gasteiger partial charge in [0.2, 0.25) is 0 Å². The Labute approximate surface area is 197 Å². The lowest BCUT2D eigenvalue weighted by atomic mass is 10.1. The molecule has 0 saturated carbocycles. The summed E-state index contributed by atoms with van der Waals surface area (Å²) in [7, 11) is -3.34. The molecular weight excluding hydrogens is 489 g/mol. The average Bonchev–Trinajstić information content (AvgIpc) is 3.18. The van der Waals surface area contributed by atoms with E-state index in [1.807, 2.05) is 17.4 Å². The van der Waals surface area contributed by atoms with Crippen LogP contribution in [0.1, 0.15) is 5.56 Å². The molecule has 5 N–H and O–H groups in total. The van der Waals surface area contributed by atoms with Gasteiger partial charge in [-0.25, -0.2) is 28.2 Å². The second kappa shape index (κ2) is 9.21. The van der Waals surface area contributed by atoms with Crippen molar-refractivity contribution in [2.75, 3.05) is 17.7 Å². The van der Waals surface area contributed by atoms with Crippen LogP contribution in [0.25, 0.3) is 28.2 Å². The number of sulfone groups is 1. The molecule has 0 aliphatic rings. The zero-order valence-electron chi connectivity index (χ0n) is 18.3. The van der Waals surface area contributed by atoms with Crippen LogP contribution >= 0.6 is 0 Å². The number of imidazole rings is 1. The van der Waals surface area contributed by atoms with Gasteiger partial charge < -0.3 is 16.6 Å². The summed E-state index contributed by atoms with van der Waals surface area (Å²) in [5.74, 6) is -2.08. The third-order valence-corrected chi connectivity index (χ3v) is 5.87. The summed E-state index contributed by atoms with van der Waals surface area (Å²) in [5.41, 5.74) is 16.0. The van der Waals surface area contributed by atoms with E-state index < -0.39 is 22.0 Å². The summed E-state index contributed by atoms with van der Waals surface area (Å²) in [6.07, 6.45) is 1.18. The number of aromatic nitrogens is 4. The molecular formula is C21H19F3N6O4S. The largest absolute Gasteiger partial charge is 0.490 e. The summed E-state index contributed by atoms with van der Waals surface area (Å²) < 4.78 is 57.5. The van der Waals surface area contributed by atoms with Crippen molar-refractivity contribution in [3.63, 3.8) is 0 Å². The molecule has 184 valence electrons. The Morgan fingerprint density at radius 2 is 1.74 bits per heavy atom. The average molecular weight is 508 g/mol. The quantitative estimate of drug-likeness (QED) is 0.377. The predicted octanol–water partition coefficient (Wildman–Crippen LogP) is 2.97. The molecule has 1 aromatic carbocycles. The number of hydrogen-bond acceptors (Lipinski definition) is 8. The number of nitrogens with two attached hydrogens (primary N) is 2. The topological polar surface area (TPSA) is 167 Å². The van der Waals surface area contributed by atoms with Crippen LogP contribution in [-0.2, 0) is 14.6 Å². The molecule has 35 heavy (non-hydrogen) atoms. The lowest BCUT2D eigenvalue weighted by Gasteiger charge is -2.10. The molecule has 0 atom stereocenters. The number of fused-ring (bicyclic) bond motifs is 1. The van der Waals surface area contributed by atoms with Gasteiger partial charge in [0, 0.05) is 29.8 Å². The van der Waals surface area contributed by atoms with Crippen LogP contribution in [-0.4, -0.2) is 51.3 Å². The summed E-state index contributed by atoms with van der Waals surface area (Å²) in [5, 5.41) is 7.12. The number of alkyl halides is 3. The fraction of sp³-hybridized carbons (Fsp3) is 0.143. The van der Waals surface area contributed by atoms with Crippen LogP contribution in [0.15, 0.2) is 53.8 Å². The lowest BCUT2D eigenvalue weighted by Crippen LogP contribution is -2.21. The van der Waals surface area contributed by atoms with E-state index in [0.29, 0.717) is 17.2 Å². The Hall–Kier alpha value is -4.20. The van der Waals surface area contributed by atoms with E-state index in [4.69, 9.17) is 21.4 Å². The molecule has 10 nitrogen and oxygen atoms in total. The van der Waals surface area contributed by atoms with Crippen molar-refractivity contribution >= 4 is 33.1 Å². The molecule has 0 aliphatic carbocycles. The molecule has 4 aromatic rings. The van der Waals surface area contributed by atoms with Gasteiger partial charge in [0.15, 0.2) is 21.3 Å². The Balaban J connectivity index is 0.000000429. The summed E-state index contributed by atoms with van der Waals surface area (Å²) in [6.45, 7) is 1.91. The summed E-state index contributed by atoms with van der Waals surface area (Å²) >= 11 is 0. The number of carboxylic acids is 1. The Kier molecular flexibility index (Phi) is 6.69. The normalized spacial score (nSPS) is 11.7. The van der Waals surface area contributed by atoms with Gasteiger partial charge >= 0.3 is 12.1 Å². The maximum atomic E-state index is 12.0. The number of benzene rings is 1. The highest BCUT2D eigenvalue weighted by atomic mass is 32.2. The molecule has 0 fully saturated rings. The first-order valence-electron chi connectivity index (χ1n) is 9.65. The van der Waals surface area contributed by atoms with Crippen molar-refractivity contribution in [1.29, 1.82) is 0 Å². The number of rotatable bonds is 3. The van der Waals surface area contributed by atoms with Crippen LogP contribution < -0.4 is 11.5 Å². The van der Waals surface area contributed by atoms with E-state index >= 15 is 0 Å². The minimum Gasteiger partial charge on any atom is -0.475 e. The van der Waals surface area contributed by atoms with Crippen LogP contribution in [0.5, 0.6) is 0 Å². The number of nitrogens with zero attached hydrogens (tertiary/aromatic N) is 4. The molecule has 4 rings (SSSR count). The SMILES string of the molecule is Cc1ccc(S(C)(=O)=O)cc1-c1cnc2c(N)nc(-c3ccc(N)nc3)cn12.O=C(O)C(F)(F)F. The first kappa shape index (κ1) is 25.4. The molecule has 0 unspecified atom stereocenters. The minimum atomic E-state index is -5.08. The van der Waals surface area contributed by atoms with Crippen molar-refractivity contribution < 1.29 is 31.5 Å². The lowest BCUT2D eigenvalue weighted by molar-refractivity contribution is -0.192. The van der Waals surface area contributed by atoms with Gasteiger partial charge in [0.05, 0.1) is 22.5 Å². The van der Waals surface area contributed by atoms with Gasteiger partial charge in [-0.1, -0.05) is 6.07 Å². The third kappa shape index (κ3) is 5.66. The number of carbonyl (C=O) groups is 1. The molecule has 0 bridgehead atoms. The van der Waals surface area contributed by atoms with Crippen LogP contribution in [0, 0.1) is 6.92 Å². The van der Waals surface area contributed by atoms with Crippen molar-refractivity contribution in [2.45, 2.75) is 18.0 Å². The molecule has 0 aliphatic heterocycles. The van der Waals surface area contributed by atoms with E-state index in [-0.39, 0.29) is 10.7 Å². The number of pyridine rings is 1. The Bertz CT molecular complexity index is 1520. The number of hydrogen-bond donors (Lipinski definition) is 3. The number of carboxylic acid groups (broad SMARTS) is 1. The molecule has 14 heteroatoms. The summed E-state index contributed by atoms with van der Waals surface area (Å²) in [6, 6.07) is 8.52. The van der Waals surface area contributed by atoms with Crippen molar-refractivity contribution in [3.05, 3.63) is 54.5 Å². The van der Waals surface area contributed by atoms with Crippen LogP contribution in [0.2, 0.25) is 0 Å². The van der Waals surface area contributed by atoms with Gasteiger partial charge in [-0.3, -0.25) is 4.40 Å². The van der Waals surface area contributed by atoms with E-state index in [1.54, 1.807) is 42.9 Å². The third-order valence-electron chi connectivity index (χ3n) is 4.76. The second-order valence-electron chi connectivity index (χ2n) is 7.37. The van der Waals surface area contributed by atoms with Gasteiger partial charge in [-0.05, 0) is 36.8 Å². The summed E-state index contributed by atoms with van der Waals surface area (Å²) in [4.78, 5) is 22.0. The highest BCUT2D eigenvalue weighted by Gasteiger charge is 2.38. The number of aryl methyl sites for hydroxylation is 1. The second-order valence-corrected chi connectivity index (χ2v) is 9.39. The number of aliphatic carboxylic acids is 1. The van der Waals surface area contributed by atoms with Gasteiger partial charge in [-0.2, -0.15) is 13.2 Å². The molecule has 0 amide bonds. The van der Waals surface area contributed by atoms with Gasteiger partial charge in [-0.15, -0.1) is 0 Å². The van der Waals surface area contributed by atoms with Crippen molar-refractivity contribution in [3.8, 4) is 22.5 Å². The molecule has 0 spiro atoms. The van der Waals surface area contributed by atoms with E-state index in [9.17, 15) is 21.6 Å². The molecule has 0 saturated heterocycles. The Morgan fingerprint density at radius 3 is 2.29 bits per heavy atom. The van der Waals surface area contributed by atoms with E-state index in [0.717, 1.165) is 22.4 Å². The van der Waals surface area contributed by atoms with Gasteiger partial charge in [0.1, 0.15) is 5.82 Å². The van der Waals surface area contributed by atoms with Crippen molar-refractivity contribution in [2.24, 2.45) is 0 Å². The highest BCUT2D eigenvalue weighted by molar-refractivity contribution is 7.90. The maximum Gasteiger partial charge on any atom is 0.490 e. The van der Waals surface area contributed by atoms with Crippen molar-refractivity contribution in [1.82, 2.24) is 19.4 Å². The standard InChI is InChI=1S/C19H18N6O2S.C2HF3O2/c1-11-3-5-13(28(2,26)27)7-14(11)16-9-23-19-18(21)24-15(10-25(16)19)12-4-6-17(20)22-8-12;3-2(4,5)1(6)7/h3-10H,1-2H3,(H2,20,22)(H2,21,24);(H,6,7). The number of anilines is 2. The smallest absolute Gasteiger partial charge is 0.475 e. The van der Waals surface area contributed by atoms with Crippen LogP contribution in [0.3, 0.4) is 0 Å². The van der Waals surface area contributed by atoms with E-state index in [1.165, 1.54) is 6.26 Å². The zero-order chi connectivity index (χ0) is 26.1. The van der Waals surface area contributed by atoms with Gasteiger partial charge in [0.25, 0.3) is 0 Å².